The molecule has 1 amide bonds. The van der Waals surface area contributed by atoms with Gasteiger partial charge < -0.3 is 4.57 Å². The Morgan fingerprint density at radius 3 is 2.88 bits per heavy atom. The first-order valence-corrected chi connectivity index (χ1v) is 9.13. The quantitative estimate of drug-likeness (QED) is 0.601. The van der Waals surface area contributed by atoms with Crippen molar-refractivity contribution < 1.29 is 4.79 Å². The third kappa shape index (κ3) is 3.35. The van der Waals surface area contributed by atoms with E-state index >= 15 is 0 Å². The van der Waals surface area contributed by atoms with Gasteiger partial charge in [0, 0.05) is 10.0 Å². The number of benzene rings is 2. The van der Waals surface area contributed by atoms with Crippen molar-refractivity contribution in [3.8, 4) is 12.3 Å². The number of thiazole rings is 1. The van der Waals surface area contributed by atoms with Gasteiger partial charge in [0.25, 0.3) is 5.91 Å². The van der Waals surface area contributed by atoms with Crippen LogP contribution in [-0.2, 0) is 13.0 Å². The fourth-order valence-corrected chi connectivity index (χ4v) is 3.93. The van der Waals surface area contributed by atoms with Gasteiger partial charge in [0.15, 0.2) is 4.80 Å². The maximum absolute atomic E-state index is 12.5. The number of rotatable bonds is 3. The summed E-state index contributed by atoms with van der Waals surface area (Å²) in [6.45, 7) is 2.50. The van der Waals surface area contributed by atoms with Crippen LogP contribution in [0.3, 0.4) is 0 Å². The smallest absolute Gasteiger partial charge is 0.279 e. The summed E-state index contributed by atoms with van der Waals surface area (Å²) in [5.41, 5.74) is 2.81. The fraction of sp³-hybridized carbons (Fsp3) is 0.158. The summed E-state index contributed by atoms with van der Waals surface area (Å²) in [6.07, 6.45) is 6.46. The second-order valence-corrected chi connectivity index (χ2v) is 7.18. The molecule has 0 aliphatic heterocycles. The minimum Gasteiger partial charge on any atom is -0.305 e. The first-order valence-electron chi connectivity index (χ1n) is 7.52. The van der Waals surface area contributed by atoms with Crippen LogP contribution in [0.15, 0.2) is 51.9 Å². The third-order valence-electron chi connectivity index (χ3n) is 3.67. The van der Waals surface area contributed by atoms with E-state index in [1.54, 1.807) is 12.1 Å². The van der Waals surface area contributed by atoms with Gasteiger partial charge in [-0.25, -0.2) is 0 Å². The van der Waals surface area contributed by atoms with Gasteiger partial charge in [0.1, 0.15) is 0 Å². The standard InChI is InChI=1S/C19H15BrN2OS/c1-3-10-22-16-9-8-13(4-2)11-17(16)24-19(22)21-18(23)14-6-5-7-15(20)12-14/h1,5-9,11-12H,4,10H2,2H3. The van der Waals surface area contributed by atoms with E-state index in [1.165, 1.54) is 16.9 Å². The van der Waals surface area contributed by atoms with Crippen molar-refractivity contribution in [1.82, 2.24) is 4.57 Å². The second kappa shape index (κ2) is 7.16. The lowest BCUT2D eigenvalue weighted by molar-refractivity contribution is 0.0998. The van der Waals surface area contributed by atoms with Crippen molar-refractivity contribution in [1.29, 1.82) is 0 Å². The van der Waals surface area contributed by atoms with Gasteiger partial charge in [-0.05, 0) is 42.3 Å². The summed E-state index contributed by atoms with van der Waals surface area (Å²) < 4.78 is 3.85. The van der Waals surface area contributed by atoms with Gasteiger partial charge in [-0.1, -0.05) is 52.2 Å². The number of carbonyl (C=O) groups excluding carboxylic acids is 1. The zero-order chi connectivity index (χ0) is 17.1. The number of hydrogen-bond donors (Lipinski definition) is 0. The van der Waals surface area contributed by atoms with Crippen LogP contribution in [-0.4, -0.2) is 10.5 Å². The van der Waals surface area contributed by atoms with Crippen molar-refractivity contribution in [2.45, 2.75) is 19.9 Å². The van der Waals surface area contributed by atoms with Crippen molar-refractivity contribution in [2.75, 3.05) is 0 Å². The van der Waals surface area contributed by atoms with Crippen LogP contribution < -0.4 is 4.80 Å². The number of amides is 1. The topological polar surface area (TPSA) is 34.4 Å². The molecule has 5 heteroatoms. The molecule has 3 aromatic rings. The summed E-state index contributed by atoms with van der Waals surface area (Å²) in [7, 11) is 0. The minimum absolute atomic E-state index is 0.274. The fourth-order valence-electron chi connectivity index (χ4n) is 2.44. The number of nitrogens with zero attached hydrogens (tertiary/aromatic N) is 2. The molecule has 0 N–H and O–H groups in total. The van der Waals surface area contributed by atoms with Crippen molar-refractivity contribution in [3.05, 3.63) is 62.9 Å². The molecule has 1 aromatic heterocycles. The first kappa shape index (κ1) is 16.7. The van der Waals surface area contributed by atoms with E-state index in [2.05, 4.69) is 45.9 Å². The molecule has 0 aliphatic carbocycles. The Balaban J connectivity index is 2.15. The average molecular weight is 399 g/mol. The number of fused-ring (bicyclic) bond motifs is 1. The number of terminal acetylenes is 1. The lowest BCUT2D eigenvalue weighted by atomic mass is 10.2. The van der Waals surface area contributed by atoms with Crippen molar-refractivity contribution in [2.24, 2.45) is 4.99 Å². The Morgan fingerprint density at radius 1 is 1.33 bits per heavy atom. The zero-order valence-electron chi connectivity index (χ0n) is 13.1. The van der Waals surface area contributed by atoms with E-state index < -0.39 is 0 Å². The van der Waals surface area contributed by atoms with Gasteiger partial charge in [-0.15, -0.1) is 6.42 Å². The normalized spacial score (nSPS) is 11.6. The zero-order valence-corrected chi connectivity index (χ0v) is 15.5. The van der Waals surface area contributed by atoms with E-state index in [9.17, 15) is 4.79 Å². The van der Waals surface area contributed by atoms with E-state index in [1.807, 2.05) is 22.8 Å². The molecule has 0 fully saturated rings. The molecule has 0 bridgehead atoms. The molecule has 24 heavy (non-hydrogen) atoms. The van der Waals surface area contributed by atoms with Gasteiger partial charge in [0.05, 0.1) is 16.8 Å². The first-order chi connectivity index (χ1) is 11.6. The molecule has 0 spiro atoms. The lowest BCUT2D eigenvalue weighted by Gasteiger charge is -2.01. The molecule has 2 aromatic carbocycles. The number of hydrogen-bond acceptors (Lipinski definition) is 2. The highest BCUT2D eigenvalue weighted by Crippen LogP contribution is 2.20. The highest BCUT2D eigenvalue weighted by molar-refractivity contribution is 9.10. The Labute approximate surface area is 152 Å². The van der Waals surface area contributed by atoms with Crippen LogP contribution in [0.4, 0.5) is 0 Å². The SMILES string of the molecule is C#CCn1c(=NC(=O)c2cccc(Br)c2)sc2cc(CC)ccc21. The summed E-state index contributed by atoms with van der Waals surface area (Å²) in [5.74, 6) is 2.37. The molecule has 120 valence electrons. The van der Waals surface area contributed by atoms with Crippen LogP contribution in [0.5, 0.6) is 0 Å². The largest absolute Gasteiger partial charge is 0.305 e. The van der Waals surface area contributed by atoms with Crippen LogP contribution in [0.25, 0.3) is 10.2 Å². The van der Waals surface area contributed by atoms with Crippen LogP contribution in [0, 0.1) is 12.3 Å². The molecule has 3 rings (SSSR count). The predicted molar refractivity (Wildman–Crippen MR) is 102 cm³/mol. The van der Waals surface area contributed by atoms with E-state index in [-0.39, 0.29) is 5.91 Å². The maximum atomic E-state index is 12.5. The minimum atomic E-state index is -0.274. The summed E-state index contributed by atoms with van der Waals surface area (Å²) in [4.78, 5) is 17.4. The van der Waals surface area contributed by atoms with Gasteiger partial charge in [-0.3, -0.25) is 4.79 Å². The summed E-state index contributed by atoms with van der Waals surface area (Å²) >= 11 is 4.86. The van der Waals surface area contributed by atoms with Gasteiger partial charge >= 0.3 is 0 Å². The van der Waals surface area contributed by atoms with E-state index in [4.69, 9.17) is 6.42 Å². The molecule has 0 saturated carbocycles. The monoisotopic (exact) mass is 398 g/mol. The predicted octanol–water partition coefficient (Wildman–Crippen LogP) is 4.40. The second-order valence-electron chi connectivity index (χ2n) is 5.26. The Bertz CT molecular complexity index is 1020. The van der Waals surface area contributed by atoms with E-state index in [0.717, 1.165) is 21.1 Å². The Kier molecular flexibility index (Phi) is 4.98. The number of aryl methyl sites for hydroxylation is 1. The van der Waals surface area contributed by atoms with Crippen LogP contribution in [0.1, 0.15) is 22.8 Å². The van der Waals surface area contributed by atoms with Crippen LogP contribution in [0.2, 0.25) is 0 Å². The molecule has 1 heterocycles. The lowest BCUT2D eigenvalue weighted by Crippen LogP contribution is -2.16. The van der Waals surface area contributed by atoms with Crippen LogP contribution >= 0.6 is 27.3 Å². The maximum Gasteiger partial charge on any atom is 0.279 e. The highest BCUT2D eigenvalue weighted by atomic mass is 79.9. The number of carbonyl (C=O) groups is 1. The molecule has 0 radical (unpaired) electrons. The number of halogens is 1. The Morgan fingerprint density at radius 2 is 2.17 bits per heavy atom. The van der Waals surface area contributed by atoms with Gasteiger partial charge in [0.2, 0.25) is 0 Å². The van der Waals surface area contributed by atoms with Crippen molar-refractivity contribution >= 4 is 43.4 Å². The summed E-state index contributed by atoms with van der Waals surface area (Å²) in [6, 6.07) is 13.5. The molecule has 0 saturated heterocycles. The highest BCUT2D eigenvalue weighted by Gasteiger charge is 2.09. The third-order valence-corrected chi connectivity index (χ3v) is 5.21. The molecule has 0 aliphatic rings. The Hall–Kier alpha value is -2.16. The van der Waals surface area contributed by atoms with Crippen molar-refractivity contribution in [3.63, 3.8) is 0 Å². The molecule has 3 nitrogen and oxygen atoms in total. The molecular weight excluding hydrogens is 384 g/mol. The van der Waals surface area contributed by atoms with Gasteiger partial charge in [-0.2, -0.15) is 4.99 Å². The molecule has 0 atom stereocenters. The van der Waals surface area contributed by atoms with E-state index in [0.29, 0.717) is 16.9 Å². The molecular formula is C19H15BrN2OS. The summed E-state index contributed by atoms with van der Waals surface area (Å²) in [5, 5.41) is 0. The molecule has 0 unspecified atom stereocenters. The average Bonchev–Trinajstić information content (AvgIpc) is 2.91. The number of aromatic nitrogens is 1.